The molecule has 0 radical (unpaired) electrons. The van der Waals surface area contributed by atoms with Crippen LogP contribution in [0.1, 0.15) is 38.3 Å². The Kier molecular flexibility index (Phi) is 4.43. The van der Waals surface area contributed by atoms with Gasteiger partial charge in [0.1, 0.15) is 0 Å². The molecule has 1 heterocycles. The van der Waals surface area contributed by atoms with Crippen molar-refractivity contribution >= 4 is 5.96 Å². The van der Waals surface area contributed by atoms with Gasteiger partial charge in [-0.1, -0.05) is 6.42 Å². The minimum Gasteiger partial charge on any atom is -0.378 e. The molecule has 2 atom stereocenters. The van der Waals surface area contributed by atoms with Crippen molar-refractivity contribution in [2.45, 2.75) is 51.3 Å². The van der Waals surface area contributed by atoms with Gasteiger partial charge in [0.15, 0.2) is 5.96 Å². The summed E-state index contributed by atoms with van der Waals surface area (Å²) in [5.41, 5.74) is 1.61. The molecule has 2 aliphatic rings. The standard InChI is InChI=1S/C17H28N4O/c1-4-22-15-11-14(17(15)8-6-9-17)20-16(18-2)19-12-13-7-5-10-21(13)3/h5,7,10,14-15H,4,6,8-9,11-12H2,1-3H3,(H2,18,19,20). The zero-order valence-electron chi connectivity index (χ0n) is 13.9. The number of guanidine groups is 1. The zero-order chi connectivity index (χ0) is 15.6. The maximum Gasteiger partial charge on any atom is 0.191 e. The molecule has 1 aromatic heterocycles. The van der Waals surface area contributed by atoms with Crippen LogP contribution in [0.25, 0.3) is 0 Å². The van der Waals surface area contributed by atoms with Gasteiger partial charge in [-0.25, -0.2) is 0 Å². The lowest BCUT2D eigenvalue weighted by atomic mass is 9.51. The van der Waals surface area contributed by atoms with Crippen LogP contribution in [0.15, 0.2) is 23.3 Å². The number of ether oxygens (including phenoxy) is 1. The third-order valence-corrected chi connectivity index (χ3v) is 5.46. The first kappa shape index (κ1) is 15.4. The Labute approximate surface area is 133 Å². The van der Waals surface area contributed by atoms with Gasteiger partial charge in [-0.3, -0.25) is 4.99 Å². The average Bonchev–Trinajstić information content (AvgIpc) is 2.84. The molecule has 2 aliphatic carbocycles. The molecular formula is C17H28N4O. The smallest absolute Gasteiger partial charge is 0.191 e. The molecule has 0 bridgehead atoms. The van der Waals surface area contributed by atoms with E-state index in [2.05, 4.69) is 52.5 Å². The van der Waals surface area contributed by atoms with Crippen molar-refractivity contribution in [3.63, 3.8) is 0 Å². The van der Waals surface area contributed by atoms with Crippen molar-refractivity contribution in [2.24, 2.45) is 17.5 Å². The predicted molar refractivity (Wildman–Crippen MR) is 88.9 cm³/mol. The van der Waals surface area contributed by atoms with Gasteiger partial charge in [-0.2, -0.15) is 0 Å². The van der Waals surface area contributed by atoms with E-state index >= 15 is 0 Å². The largest absolute Gasteiger partial charge is 0.378 e. The Balaban J connectivity index is 1.54. The summed E-state index contributed by atoms with van der Waals surface area (Å²) in [6, 6.07) is 4.69. The molecule has 3 rings (SSSR count). The lowest BCUT2D eigenvalue weighted by Gasteiger charge is -2.61. The summed E-state index contributed by atoms with van der Waals surface area (Å²) in [6.07, 6.45) is 7.49. The van der Waals surface area contributed by atoms with Crippen LogP contribution in [-0.4, -0.2) is 36.3 Å². The molecule has 5 heteroatoms. The number of aromatic nitrogens is 1. The van der Waals surface area contributed by atoms with Gasteiger partial charge in [-0.15, -0.1) is 0 Å². The van der Waals surface area contributed by atoms with E-state index in [0.717, 1.165) is 25.5 Å². The molecule has 2 unspecified atom stereocenters. The third-order valence-electron chi connectivity index (χ3n) is 5.46. The summed E-state index contributed by atoms with van der Waals surface area (Å²) in [5.74, 6) is 0.896. The zero-order valence-corrected chi connectivity index (χ0v) is 13.9. The number of aliphatic imine (C=N–C) groups is 1. The Hall–Kier alpha value is -1.49. The van der Waals surface area contributed by atoms with E-state index in [4.69, 9.17) is 4.74 Å². The summed E-state index contributed by atoms with van der Waals surface area (Å²) in [6.45, 7) is 3.70. The highest BCUT2D eigenvalue weighted by Gasteiger charge is 2.59. The van der Waals surface area contributed by atoms with Gasteiger partial charge in [0.05, 0.1) is 12.6 Å². The van der Waals surface area contributed by atoms with Crippen LogP contribution >= 0.6 is 0 Å². The van der Waals surface area contributed by atoms with Crippen LogP contribution < -0.4 is 10.6 Å². The van der Waals surface area contributed by atoms with Gasteiger partial charge in [-0.05, 0) is 38.3 Å². The van der Waals surface area contributed by atoms with Gasteiger partial charge >= 0.3 is 0 Å². The van der Waals surface area contributed by atoms with Crippen molar-refractivity contribution in [1.82, 2.24) is 15.2 Å². The summed E-state index contributed by atoms with van der Waals surface area (Å²) in [7, 11) is 3.90. The molecular weight excluding hydrogens is 276 g/mol. The molecule has 1 aromatic rings. The third kappa shape index (κ3) is 2.62. The Morgan fingerprint density at radius 1 is 1.50 bits per heavy atom. The average molecular weight is 304 g/mol. The number of hydrogen-bond acceptors (Lipinski definition) is 2. The molecule has 22 heavy (non-hydrogen) atoms. The van der Waals surface area contributed by atoms with Crippen molar-refractivity contribution in [1.29, 1.82) is 0 Å². The van der Waals surface area contributed by atoms with E-state index in [1.165, 1.54) is 25.0 Å². The maximum atomic E-state index is 5.91. The first-order valence-corrected chi connectivity index (χ1v) is 8.38. The van der Waals surface area contributed by atoms with E-state index in [1.807, 2.05) is 7.05 Å². The maximum absolute atomic E-state index is 5.91. The monoisotopic (exact) mass is 304 g/mol. The minimum absolute atomic E-state index is 0.360. The van der Waals surface area contributed by atoms with Gasteiger partial charge < -0.3 is 19.9 Å². The van der Waals surface area contributed by atoms with E-state index in [0.29, 0.717) is 17.6 Å². The second-order valence-electron chi connectivity index (χ2n) is 6.50. The van der Waals surface area contributed by atoms with Crippen LogP contribution in [0.3, 0.4) is 0 Å². The van der Waals surface area contributed by atoms with Crippen LogP contribution in [0.5, 0.6) is 0 Å². The second kappa shape index (κ2) is 6.32. The molecule has 0 amide bonds. The molecule has 2 N–H and O–H groups in total. The van der Waals surface area contributed by atoms with E-state index in [-0.39, 0.29) is 0 Å². The Bertz CT molecular complexity index is 533. The number of rotatable bonds is 5. The lowest BCUT2D eigenvalue weighted by molar-refractivity contribution is -0.168. The second-order valence-corrected chi connectivity index (χ2v) is 6.50. The molecule has 0 aromatic carbocycles. The molecule has 0 saturated heterocycles. The summed E-state index contributed by atoms with van der Waals surface area (Å²) in [4.78, 5) is 4.38. The Morgan fingerprint density at radius 2 is 2.32 bits per heavy atom. The number of nitrogens with zero attached hydrogens (tertiary/aromatic N) is 2. The van der Waals surface area contributed by atoms with Crippen molar-refractivity contribution in [3.8, 4) is 0 Å². The fourth-order valence-electron chi connectivity index (χ4n) is 3.85. The minimum atomic E-state index is 0.360. The topological polar surface area (TPSA) is 50.6 Å². The first-order chi connectivity index (χ1) is 10.7. The van der Waals surface area contributed by atoms with Crippen LogP contribution in [0.2, 0.25) is 0 Å². The molecule has 0 aliphatic heterocycles. The van der Waals surface area contributed by atoms with Crippen LogP contribution in [-0.2, 0) is 18.3 Å². The van der Waals surface area contributed by atoms with Crippen LogP contribution in [0, 0.1) is 5.41 Å². The van der Waals surface area contributed by atoms with Gasteiger partial charge in [0.2, 0.25) is 0 Å². The number of nitrogens with one attached hydrogen (secondary N) is 2. The van der Waals surface area contributed by atoms with Crippen LogP contribution in [0.4, 0.5) is 0 Å². The number of hydrogen-bond donors (Lipinski definition) is 2. The molecule has 122 valence electrons. The lowest BCUT2D eigenvalue weighted by Crippen LogP contribution is -2.68. The molecule has 2 fully saturated rings. The van der Waals surface area contributed by atoms with Crippen molar-refractivity contribution < 1.29 is 4.74 Å². The first-order valence-electron chi connectivity index (χ1n) is 8.38. The highest BCUT2D eigenvalue weighted by Crippen LogP contribution is 2.57. The number of aryl methyl sites for hydroxylation is 1. The van der Waals surface area contributed by atoms with E-state index in [9.17, 15) is 0 Å². The summed E-state index contributed by atoms with van der Waals surface area (Å²) < 4.78 is 8.04. The quantitative estimate of drug-likeness (QED) is 0.646. The van der Waals surface area contributed by atoms with E-state index < -0.39 is 0 Å². The SMILES string of the molecule is CCOC1CC(NC(=NC)NCc2cccn2C)C12CCC2. The highest BCUT2D eigenvalue weighted by atomic mass is 16.5. The van der Waals surface area contributed by atoms with E-state index in [1.54, 1.807) is 0 Å². The highest BCUT2D eigenvalue weighted by molar-refractivity contribution is 5.80. The molecule has 1 spiro atoms. The van der Waals surface area contributed by atoms with Crippen molar-refractivity contribution in [3.05, 3.63) is 24.0 Å². The fourth-order valence-corrected chi connectivity index (χ4v) is 3.85. The normalized spacial score (nSPS) is 26.4. The van der Waals surface area contributed by atoms with Gasteiger partial charge in [0.25, 0.3) is 0 Å². The summed E-state index contributed by atoms with van der Waals surface area (Å²) in [5, 5.41) is 7.04. The Morgan fingerprint density at radius 3 is 2.86 bits per heavy atom. The summed E-state index contributed by atoms with van der Waals surface area (Å²) >= 11 is 0. The van der Waals surface area contributed by atoms with Gasteiger partial charge in [0, 0.05) is 44.0 Å². The van der Waals surface area contributed by atoms with Crippen molar-refractivity contribution in [2.75, 3.05) is 13.7 Å². The fraction of sp³-hybridized carbons (Fsp3) is 0.706. The molecule has 5 nitrogen and oxygen atoms in total. The predicted octanol–water partition coefficient (Wildman–Crippen LogP) is 2.04. The molecule has 2 saturated carbocycles.